The fourth-order valence-electron chi connectivity index (χ4n) is 2.32. The number of rotatable bonds is 4. The Balaban J connectivity index is 2.02. The minimum Gasteiger partial charge on any atom is -0.494 e. The quantitative estimate of drug-likeness (QED) is 0.732. The fourth-order valence-corrected chi connectivity index (χ4v) is 2.32. The smallest absolute Gasteiger partial charge is 0.119 e. The van der Waals surface area contributed by atoms with Crippen LogP contribution in [0, 0.1) is 0 Å². The Morgan fingerprint density at radius 3 is 2.38 bits per heavy atom. The summed E-state index contributed by atoms with van der Waals surface area (Å²) in [6, 6.07) is 12.0. The van der Waals surface area contributed by atoms with Gasteiger partial charge in [-0.05, 0) is 48.9 Å². The molecule has 0 amide bonds. The van der Waals surface area contributed by atoms with Crippen LogP contribution in [0.25, 0.3) is 22.4 Å². The van der Waals surface area contributed by atoms with Crippen LogP contribution in [0.15, 0.2) is 55.0 Å². The summed E-state index contributed by atoms with van der Waals surface area (Å²) in [6.07, 6.45) is 5.62. The Labute approximate surface area is 124 Å². The Morgan fingerprint density at radius 1 is 1.00 bits per heavy atom. The van der Waals surface area contributed by atoms with Gasteiger partial charge in [-0.1, -0.05) is 0 Å². The molecule has 0 aliphatic carbocycles. The zero-order valence-corrected chi connectivity index (χ0v) is 12.2. The first kappa shape index (κ1) is 13.4. The molecule has 0 N–H and O–H groups in total. The minimum absolute atomic E-state index is 0.672. The normalized spacial score (nSPS) is 10.6. The molecule has 4 nitrogen and oxygen atoms in total. The molecule has 0 fully saturated rings. The largest absolute Gasteiger partial charge is 0.494 e. The van der Waals surface area contributed by atoms with Crippen molar-refractivity contribution in [1.29, 1.82) is 0 Å². The molecule has 3 rings (SSSR count). The lowest BCUT2D eigenvalue weighted by molar-refractivity contribution is 0.340. The Bertz CT molecular complexity index is 718. The molecule has 0 aliphatic rings. The van der Waals surface area contributed by atoms with Crippen LogP contribution in [0.4, 0.5) is 0 Å². The zero-order valence-electron chi connectivity index (χ0n) is 12.2. The predicted octanol–water partition coefficient (Wildman–Crippen LogP) is 3.55. The molecule has 1 aromatic carbocycles. The molecule has 2 aromatic heterocycles. The van der Waals surface area contributed by atoms with Gasteiger partial charge in [0.2, 0.25) is 0 Å². The highest BCUT2D eigenvalue weighted by molar-refractivity contribution is 5.80. The second-order valence-electron chi connectivity index (χ2n) is 4.76. The Morgan fingerprint density at radius 2 is 1.71 bits per heavy atom. The van der Waals surface area contributed by atoms with Gasteiger partial charge in [0, 0.05) is 36.8 Å². The van der Waals surface area contributed by atoms with E-state index in [2.05, 4.69) is 10.1 Å². The monoisotopic (exact) mass is 278 g/mol. The highest BCUT2D eigenvalue weighted by Gasteiger charge is 2.12. The standard InChI is InChI=1S/C17H17N3O/c1-3-21-15-6-4-14(5-7-15)17-16(12-20(2)19-17)13-8-10-18-11-9-13/h4-12H,3H2,1-2H3/i2-1. The van der Waals surface area contributed by atoms with E-state index in [4.69, 9.17) is 4.74 Å². The van der Waals surface area contributed by atoms with Crippen LogP contribution < -0.4 is 4.74 Å². The van der Waals surface area contributed by atoms with Gasteiger partial charge in [0.25, 0.3) is 0 Å². The summed E-state index contributed by atoms with van der Waals surface area (Å²) in [7, 11) is 1.93. The number of hydrogen-bond donors (Lipinski definition) is 0. The van der Waals surface area contributed by atoms with E-state index in [1.54, 1.807) is 12.4 Å². The van der Waals surface area contributed by atoms with Crippen molar-refractivity contribution in [2.75, 3.05) is 6.61 Å². The van der Waals surface area contributed by atoms with Crippen molar-refractivity contribution in [2.45, 2.75) is 6.92 Å². The zero-order chi connectivity index (χ0) is 14.7. The topological polar surface area (TPSA) is 39.9 Å². The van der Waals surface area contributed by atoms with Crippen molar-refractivity contribution in [1.82, 2.24) is 14.8 Å². The van der Waals surface area contributed by atoms with Gasteiger partial charge in [-0.3, -0.25) is 9.67 Å². The van der Waals surface area contributed by atoms with Gasteiger partial charge < -0.3 is 4.74 Å². The predicted molar refractivity (Wildman–Crippen MR) is 83.0 cm³/mol. The molecule has 21 heavy (non-hydrogen) atoms. The molecular formula is C17H17N3O. The van der Waals surface area contributed by atoms with Crippen molar-refractivity contribution in [3.63, 3.8) is 0 Å². The third-order valence-corrected chi connectivity index (χ3v) is 3.26. The maximum Gasteiger partial charge on any atom is 0.119 e. The van der Waals surface area contributed by atoms with Crippen LogP contribution in [0.5, 0.6) is 5.75 Å². The molecule has 4 heteroatoms. The third-order valence-electron chi connectivity index (χ3n) is 3.26. The molecule has 106 valence electrons. The molecule has 0 spiro atoms. The van der Waals surface area contributed by atoms with E-state index in [-0.39, 0.29) is 0 Å². The second-order valence-corrected chi connectivity index (χ2v) is 4.76. The summed E-state index contributed by atoms with van der Waals surface area (Å²) in [4.78, 5) is 4.07. The van der Waals surface area contributed by atoms with Gasteiger partial charge in [0.05, 0.1) is 6.61 Å². The van der Waals surface area contributed by atoms with E-state index >= 15 is 0 Å². The van der Waals surface area contributed by atoms with Crippen molar-refractivity contribution < 1.29 is 4.74 Å². The van der Waals surface area contributed by atoms with Crippen LogP contribution in [0.2, 0.25) is 0 Å². The summed E-state index contributed by atoms with van der Waals surface area (Å²) in [5.41, 5.74) is 4.25. The maximum absolute atomic E-state index is 5.48. The third kappa shape index (κ3) is 2.79. The van der Waals surface area contributed by atoms with Gasteiger partial charge in [0.15, 0.2) is 0 Å². The van der Waals surface area contributed by atoms with Crippen LogP contribution >= 0.6 is 0 Å². The molecule has 0 aliphatic heterocycles. The van der Waals surface area contributed by atoms with E-state index < -0.39 is 0 Å². The molecule has 3 aromatic rings. The van der Waals surface area contributed by atoms with E-state index in [9.17, 15) is 0 Å². The van der Waals surface area contributed by atoms with Gasteiger partial charge in [-0.25, -0.2) is 0 Å². The number of hydrogen-bond acceptors (Lipinski definition) is 3. The molecule has 0 saturated carbocycles. The van der Waals surface area contributed by atoms with Gasteiger partial charge in [-0.2, -0.15) is 5.10 Å². The first-order valence-corrected chi connectivity index (χ1v) is 6.95. The van der Waals surface area contributed by atoms with E-state index in [0.717, 1.165) is 28.1 Å². The van der Waals surface area contributed by atoms with Crippen molar-refractivity contribution in [3.8, 4) is 28.1 Å². The summed E-state index contributed by atoms with van der Waals surface area (Å²) in [5, 5.41) is 4.59. The summed E-state index contributed by atoms with van der Waals surface area (Å²) in [5.74, 6) is 0.877. The SMILES string of the molecule is CCOc1ccc(-c2nn([11CH3])cc2-c2ccncc2)cc1. The summed E-state index contributed by atoms with van der Waals surface area (Å²) in [6.45, 7) is 2.65. The number of nitrogens with zero attached hydrogens (tertiary/aromatic N) is 3. The Kier molecular flexibility index (Phi) is 3.69. The van der Waals surface area contributed by atoms with Crippen molar-refractivity contribution >= 4 is 0 Å². The number of benzene rings is 1. The molecule has 0 bridgehead atoms. The molecular weight excluding hydrogens is 261 g/mol. The molecule has 0 saturated heterocycles. The molecule has 0 unspecified atom stereocenters. The lowest BCUT2D eigenvalue weighted by atomic mass is 10.0. The van der Waals surface area contributed by atoms with Gasteiger partial charge >= 0.3 is 0 Å². The fraction of sp³-hybridized carbons (Fsp3) is 0.176. The number of aryl methyl sites for hydroxylation is 1. The van der Waals surface area contributed by atoms with Crippen LogP contribution in [-0.2, 0) is 7.05 Å². The van der Waals surface area contributed by atoms with Crippen LogP contribution in [-0.4, -0.2) is 21.4 Å². The molecule has 0 atom stereocenters. The minimum atomic E-state index is 0.672. The average Bonchev–Trinajstić information content (AvgIpc) is 2.91. The van der Waals surface area contributed by atoms with Crippen LogP contribution in [0.3, 0.4) is 0 Å². The molecule has 2 heterocycles. The number of aromatic nitrogens is 3. The van der Waals surface area contributed by atoms with Gasteiger partial charge in [-0.15, -0.1) is 0 Å². The van der Waals surface area contributed by atoms with E-state index in [1.807, 2.05) is 61.2 Å². The Hall–Kier alpha value is -2.62. The first-order chi connectivity index (χ1) is 10.3. The average molecular weight is 278 g/mol. The summed E-state index contributed by atoms with van der Waals surface area (Å²) < 4.78 is 7.32. The lowest BCUT2D eigenvalue weighted by Gasteiger charge is -2.05. The molecule has 0 radical (unpaired) electrons. The summed E-state index contributed by atoms with van der Waals surface area (Å²) >= 11 is 0. The van der Waals surface area contributed by atoms with Crippen LogP contribution in [0.1, 0.15) is 6.92 Å². The van der Waals surface area contributed by atoms with E-state index in [1.165, 1.54) is 0 Å². The second kappa shape index (κ2) is 5.79. The lowest BCUT2D eigenvalue weighted by Crippen LogP contribution is -1.91. The van der Waals surface area contributed by atoms with Crippen molar-refractivity contribution in [2.24, 2.45) is 7.05 Å². The van der Waals surface area contributed by atoms with Crippen molar-refractivity contribution in [3.05, 3.63) is 55.0 Å². The maximum atomic E-state index is 5.48. The first-order valence-electron chi connectivity index (χ1n) is 6.95. The number of pyridine rings is 1. The number of ether oxygens (including phenoxy) is 1. The van der Waals surface area contributed by atoms with E-state index in [0.29, 0.717) is 6.61 Å². The highest BCUT2D eigenvalue weighted by Crippen LogP contribution is 2.31. The van der Waals surface area contributed by atoms with Gasteiger partial charge in [0.1, 0.15) is 11.4 Å². The highest BCUT2D eigenvalue weighted by atomic mass is 16.5.